The Morgan fingerprint density at radius 2 is 1.77 bits per heavy atom. The molecular weight excluding hydrogens is 308 g/mol. The van der Waals surface area contributed by atoms with Gasteiger partial charge in [-0.1, -0.05) is 0 Å². The van der Waals surface area contributed by atoms with Crippen molar-refractivity contribution in [2.24, 2.45) is 0 Å². The average molecular weight is 318 g/mol. The number of fused-ring (bicyclic) bond motifs is 1. The molecule has 0 saturated carbocycles. The fourth-order valence-corrected chi connectivity index (χ4v) is 2.19. The average Bonchev–Trinajstić information content (AvgIpc) is 2.41. The number of anilines is 2. The Bertz CT molecular complexity index is 702. The molecule has 10 heteroatoms. The quantitative estimate of drug-likeness (QED) is 0.763. The number of hydrogen-bond acceptors (Lipinski definition) is 6. The van der Waals surface area contributed by atoms with Crippen molar-refractivity contribution in [2.45, 2.75) is 11.8 Å². The Morgan fingerprint density at radius 3 is 2.45 bits per heavy atom. The monoisotopic (exact) mass is 318 g/mol. The number of nitrogens with zero attached hydrogens (tertiary/aromatic N) is 2. The zero-order chi connectivity index (χ0) is 16.1. The first kappa shape index (κ1) is 14.4. The summed E-state index contributed by atoms with van der Waals surface area (Å²) in [5.41, 5.74) is 9.21. The van der Waals surface area contributed by atoms with E-state index in [0.29, 0.717) is 0 Å². The second-order valence-electron chi connectivity index (χ2n) is 4.63. The van der Waals surface area contributed by atoms with Gasteiger partial charge in [0.25, 0.3) is 0 Å². The highest BCUT2D eigenvalue weighted by atomic mass is 19.3. The second kappa shape index (κ2) is 4.49. The summed E-state index contributed by atoms with van der Waals surface area (Å²) < 4.78 is 66.2. The first-order valence-electron chi connectivity index (χ1n) is 6.11. The summed E-state index contributed by atoms with van der Waals surface area (Å²) in [6.45, 7) is -0.0917. The van der Waals surface area contributed by atoms with Gasteiger partial charge in [-0.05, 0) is 0 Å². The Kier molecular flexibility index (Phi) is 2.94. The molecule has 1 aromatic rings. The van der Waals surface area contributed by atoms with Gasteiger partial charge in [0.15, 0.2) is 11.5 Å². The van der Waals surface area contributed by atoms with Gasteiger partial charge in [0.05, 0.1) is 5.57 Å². The summed E-state index contributed by atoms with van der Waals surface area (Å²) in [4.78, 5) is 7.04. The number of ether oxygens (including phenoxy) is 2. The first-order chi connectivity index (χ1) is 10.2. The number of hydrogen-bond donors (Lipinski definition) is 2. The Labute approximate surface area is 121 Å². The third-order valence-electron chi connectivity index (χ3n) is 3.19. The Morgan fingerprint density at radius 1 is 1.09 bits per heavy atom. The second-order valence-corrected chi connectivity index (χ2v) is 4.63. The van der Waals surface area contributed by atoms with Crippen molar-refractivity contribution in [3.05, 3.63) is 29.4 Å². The smallest absolute Gasteiger partial charge is 0.343 e. The SMILES string of the molecule is Nc1ncc(C2=C3OCCOC3=CC(F)(F)C2(F)F)c(N)n1. The molecule has 0 aromatic carbocycles. The lowest BCUT2D eigenvalue weighted by Gasteiger charge is -2.35. The van der Waals surface area contributed by atoms with Crippen molar-refractivity contribution in [1.82, 2.24) is 9.97 Å². The zero-order valence-corrected chi connectivity index (χ0v) is 10.9. The van der Waals surface area contributed by atoms with Gasteiger partial charge >= 0.3 is 11.8 Å². The van der Waals surface area contributed by atoms with Crippen LogP contribution in [0.1, 0.15) is 5.56 Å². The molecule has 118 valence electrons. The lowest BCUT2D eigenvalue weighted by molar-refractivity contribution is -0.147. The van der Waals surface area contributed by atoms with E-state index in [-0.39, 0.29) is 25.2 Å². The Hall–Kier alpha value is -2.52. The van der Waals surface area contributed by atoms with Gasteiger partial charge < -0.3 is 20.9 Å². The minimum absolute atomic E-state index is 0.0298. The summed E-state index contributed by atoms with van der Waals surface area (Å²) in [5.74, 6) is -10.7. The van der Waals surface area contributed by atoms with Crippen molar-refractivity contribution in [1.29, 1.82) is 0 Å². The van der Waals surface area contributed by atoms with Crippen molar-refractivity contribution in [3.63, 3.8) is 0 Å². The van der Waals surface area contributed by atoms with E-state index in [9.17, 15) is 17.6 Å². The van der Waals surface area contributed by atoms with E-state index < -0.39 is 40.3 Å². The summed E-state index contributed by atoms with van der Waals surface area (Å²) >= 11 is 0. The number of nitrogens with two attached hydrogens (primary N) is 2. The molecule has 0 atom stereocenters. The predicted molar refractivity (Wildman–Crippen MR) is 67.7 cm³/mol. The van der Waals surface area contributed by atoms with E-state index in [1.807, 2.05) is 0 Å². The maximum absolute atomic E-state index is 14.3. The fraction of sp³-hybridized carbons (Fsp3) is 0.333. The zero-order valence-electron chi connectivity index (χ0n) is 10.9. The molecule has 4 N–H and O–H groups in total. The number of nitrogen functional groups attached to an aromatic ring is 2. The normalized spacial score (nSPS) is 22.3. The highest BCUT2D eigenvalue weighted by molar-refractivity contribution is 5.82. The number of halogens is 4. The molecule has 22 heavy (non-hydrogen) atoms. The van der Waals surface area contributed by atoms with Gasteiger partial charge in [-0.3, -0.25) is 0 Å². The minimum Gasteiger partial charge on any atom is -0.486 e. The van der Waals surface area contributed by atoms with E-state index in [2.05, 4.69) is 9.97 Å². The molecule has 2 aliphatic rings. The van der Waals surface area contributed by atoms with Crippen LogP contribution in [0.2, 0.25) is 0 Å². The van der Waals surface area contributed by atoms with Crippen LogP contribution in [0, 0.1) is 0 Å². The third-order valence-corrected chi connectivity index (χ3v) is 3.19. The lowest BCUT2D eigenvalue weighted by atomic mass is 9.89. The van der Waals surface area contributed by atoms with Crippen molar-refractivity contribution >= 4 is 17.3 Å². The molecule has 0 amide bonds. The van der Waals surface area contributed by atoms with Crippen molar-refractivity contribution < 1.29 is 27.0 Å². The van der Waals surface area contributed by atoms with Crippen LogP contribution in [0.3, 0.4) is 0 Å². The number of rotatable bonds is 1. The van der Waals surface area contributed by atoms with E-state index in [4.69, 9.17) is 20.9 Å². The van der Waals surface area contributed by atoms with Crippen LogP contribution in [-0.2, 0) is 9.47 Å². The summed E-state index contributed by atoms with van der Waals surface area (Å²) in [7, 11) is 0. The lowest BCUT2D eigenvalue weighted by Crippen LogP contribution is -2.44. The maximum atomic E-state index is 14.3. The highest BCUT2D eigenvalue weighted by Crippen LogP contribution is 2.52. The molecule has 2 heterocycles. The topological polar surface area (TPSA) is 96.3 Å². The van der Waals surface area contributed by atoms with Crippen molar-refractivity contribution in [3.8, 4) is 0 Å². The molecule has 1 aromatic heterocycles. The first-order valence-corrected chi connectivity index (χ1v) is 6.11. The van der Waals surface area contributed by atoms with Gasteiger partial charge in [0.2, 0.25) is 5.95 Å². The largest absolute Gasteiger partial charge is 0.486 e. The van der Waals surface area contributed by atoms with Crippen LogP contribution in [0.5, 0.6) is 0 Å². The van der Waals surface area contributed by atoms with E-state index >= 15 is 0 Å². The minimum atomic E-state index is -4.57. The molecular formula is C12H10F4N4O2. The summed E-state index contributed by atoms with van der Waals surface area (Å²) in [6, 6.07) is 0. The van der Waals surface area contributed by atoms with Gasteiger partial charge in [0.1, 0.15) is 19.0 Å². The maximum Gasteiger partial charge on any atom is 0.343 e. The molecule has 0 bridgehead atoms. The number of alkyl halides is 4. The molecule has 1 aliphatic carbocycles. The van der Waals surface area contributed by atoms with Crippen LogP contribution in [-0.4, -0.2) is 35.0 Å². The Balaban J connectivity index is 2.28. The highest BCUT2D eigenvalue weighted by Gasteiger charge is 2.63. The van der Waals surface area contributed by atoms with E-state index in [0.717, 1.165) is 6.20 Å². The van der Waals surface area contributed by atoms with Crippen LogP contribution < -0.4 is 11.5 Å². The van der Waals surface area contributed by atoms with Crippen LogP contribution in [0.15, 0.2) is 23.8 Å². The molecule has 0 radical (unpaired) electrons. The van der Waals surface area contributed by atoms with E-state index in [1.54, 1.807) is 0 Å². The molecule has 0 spiro atoms. The van der Waals surface area contributed by atoms with Crippen LogP contribution in [0.4, 0.5) is 29.3 Å². The van der Waals surface area contributed by atoms with Crippen LogP contribution >= 0.6 is 0 Å². The third kappa shape index (κ3) is 1.94. The van der Waals surface area contributed by atoms with Crippen molar-refractivity contribution in [2.75, 3.05) is 24.7 Å². The predicted octanol–water partition coefficient (Wildman–Crippen LogP) is 1.57. The fourth-order valence-electron chi connectivity index (χ4n) is 2.19. The molecule has 1 aliphatic heterocycles. The van der Waals surface area contributed by atoms with Gasteiger partial charge in [0, 0.05) is 17.8 Å². The standard InChI is InChI=1S/C12H10F4N4O2/c13-11(14)3-6-8(22-2-1-21-6)7(12(11,15)16)5-4-19-10(18)20-9(5)17/h3-4H,1-2H2,(H4,17,18,19,20). The number of aromatic nitrogens is 2. The molecule has 6 nitrogen and oxygen atoms in total. The van der Waals surface area contributed by atoms with E-state index in [1.165, 1.54) is 0 Å². The van der Waals surface area contributed by atoms with Gasteiger partial charge in [-0.2, -0.15) is 22.5 Å². The molecule has 1 fully saturated rings. The summed E-state index contributed by atoms with van der Waals surface area (Å²) in [5, 5.41) is 0. The molecule has 0 unspecified atom stereocenters. The van der Waals surface area contributed by atoms with Gasteiger partial charge in [-0.15, -0.1) is 0 Å². The number of allylic oxidation sites excluding steroid dienone is 2. The molecule has 1 saturated heterocycles. The van der Waals surface area contributed by atoms with Crippen LogP contribution in [0.25, 0.3) is 5.57 Å². The summed E-state index contributed by atoms with van der Waals surface area (Å²) in [6.07, 6.45) is 0.893. The van der Waals surface area contributed by atoms with Gasteiger partial charge in [-0.25, -0.2) is 4.98 Å². The molecule has 3 rings (SSSR count).